The third-order valence-corrected chi connectivity index (χ3v) is 2.47. The molecule has 13 heavy (non-hydrogen) atoms. The van der Waals surface area contributed by atoms with Crippen LogP contribution in [0.5, 0.6) is 0 Å². The first-order valence-electron chi connectivity index (χ1n) is 4.35. The molecule has 1 fully saturated rings. The molecule has 0 spiro atoms. The monoisotopic (exact) mass is 181 g/mol. The largest absolute Gasteiger partial charge is 0.446 e. The predicted octanol–water partition coefficient (Wildman–Crippen LogP) is 1.01. The Kier molecular flexibility index (Phi) is 1.92. The average Bonchev–Trinajstić information content (AvgIpc) is 2.63. The van der Waals surface area contributed by atoms with Gasteiger partial charge in [0, 0.05) is 12.8 Å². The number of hydrogen-bond donors (Lipinski definition) is 1. The summed E-state index contributed by atoms with van der Waals surface area (Å²) >= 11 is 0. The summed E-state index contributed by atoms with van der Waals surface area (Å²) < 4.78 is 5.04. The maximum Gasteiger partial charge on any atom is 0.226 e. The molecule has 0 aromatic carbocycles. The van der Waals surface area contributed by atoms with Crippen LogP contribution in [-0.2, 0) is 10.4 Å². The molecule has 0 radical (unpaired) electrons. The van der Waals surface area contributed by atoms with Gasteiger partial charge in [0.05, 0.1) is 6.20 Å². The fourth-order valence-corrected chi connectivity index (χ4v) is 1.61. The summed E-state index contributed by atoms with van der Waals surface area (Å²) in [6, 6.07) is 0. The highest BCUT2D eigenvalue weighted by Gasteiger charge is 2.37. The SMILES string of the molecule is O=C1CCC(O)(c2ncco2)CC1. The van der Waals surface area contributed by atoms with Gasteiger partial charge in [-0.2, -0.15) is 0 Å². The molecule has 4 heteroatoms. The lowest BCUT2D eigenvalue weighted by Crippen LogP contribution is -2.31. The molecule has 0 amide bonds. The molecule has 1 N–H and O–H groups in total. The number of oxazole rings is 1. The van der Waals surface area contributed by atoms with Crippen molar-refractivity contribution in [3.8, 4) is 0 Å². The van der Waals surface area contributed by atoms with Gasteiger partial charge in [-0.15, -0.1) is 0 Å². The summed E-state index contributed by atoms with van der Waals surface area (Å²) in [4.78, 5) is 14.9. The van der Waals surface area contributed by atoms with E-state index in [1.54, 1.807) is 0 Å². The van der Waals surface area contributed by atoms with Gasteiger partial charge in [0.15, 0.2) is 0 Å². The molecule has 70 valence electrons. The molecule has 1 aromatic heterocycles. The molecule has 0 bridgehead atoms. The minimum Gasteiger partial charge on any atom is -0.446 e. The number of nitrogens with zero attached hydrogens (tertiary/aromatic N) is 1. The van der Waals surface area contributed by atoms with Crippen molar-refractivity contribution in [3.63, 3.8) is 0 Å². The first-order chi connectivity index (χ1) is 6.21. The third kappa shape index (κ3) is 1.49. The summed E-state index contributed by atoms with van der Waals surface area (Å²) in [6.45, 7) is 0. The fourth-order valence-electron chi connectivity index (χ4n) is 1.61. The zero-order valence-corrected chi connectivity index (χ0v) is 7.19. The molecular formula is C9H11NO3. The average molecular weight is 181 g/mol. The highest BCUT2D eigenvalue weighted by atomic mass is 16.4. The van der Waals surface area contributed by atoms with E-state index in [0.717, 1.165) is 0 Å². The van der Waals surface area contributed by atoms with Crippen molar-refractivity contribution in [1.82, 2.24) is 4.98 Å². The second-order valence-electron chi connectivity index (χ2n) is 3.41. The summed E-state index contributed by atoms with van der Waals surface area (Å²) in [5.41, 5.74) is -1.02. The van der Waals surface area contributed by atoms with Crippen molar-refractivity contribution in [2.75, 3.05) is 0 Å². The summed E-state index contributed by atoms with van der Waals surface area (Å²) in [6.07, 6.45) is 4.61. The molecule has 0 saturated heterocycles. The number of carbonyl (C=O) groups is 1. The van der Waals surface area contributed by atoms with Crippen LogP contribution in [0.3, 0.4) is 0 Å². The molecule has 1 aliphatic rings. The third-order valence-electron chi connectivity index (χ3n) is 2.47. The Morgan fingerprint density at radius 2 is 2.15 bits per heavy atom. The number of hydrogen-bond acceptors (Lipinski definition) is 4. The van der Waals surface area contributed by atoms with Crippen molar-refractivity contribution in [2.45, 2.75) is 31.3 Å². The van der Waals surface area contributed by atoms with Crippen LogP contribution in [0.4, 0.5) is 0 Å². The number of carbonyl (C=O) groups excluding carboxylic acids is 1. The summed E-state index contributed by atoms with van der Waals surface area (Å²) in [7, 11) is 0. The zero-order valence-electron chi connectivity index (χ0n) is 7.19. The van der Waals surface area contributed by atoms with E-state index in [4.69, 9.17) is 4.42 Å². The van der Waals surface area contributed by atoms with Gasteiger partial charge in [-0.25, -0.2) is 4.98 Å². The van der Waals surface area contributed by atoms with E-state index < -0.39 is 5.60 Å². The Morgan fingerprint density at radius 1 is 1.46 bits per heavy atom. The molecule has 1 aliphatic carbocycles. The lowest BCUT2D eigenvalue weighted by Gasteiger charge is -2.27. The first kappa shape index (κ1) is 8.44. The van der Waals surface area contributed by atoms with Crippen molar-refractivity contribution < 1.29 is 14.3 Å². The van der Waals surface area contributed by atoms with E-state index >= 15 is 0 Å². The number of Topliss-reactive ketones (excluding diaryl/α,β-unsaturated/α-hetero) is 1. The van der Waals surface area contributed by atoms with Gasteiger partial charge in [0.2, 0.25) is 5.89 Å². The number of rotatable bonds is 1. The van der Waals surface area contributed by atoms with Gasteiger partial charge < -0.3 is 9.52 Å². The first-order valence-corrected chi connectivity index (χ1v) is 4.35. The molecule has 1 heterocycles. The predicted molar refractivity (Wildman–Crippen MR) is 43.9 cm³/mol. The van der Waals surface area contributed by atoms with Crippen LogP contribution in [0, 0.1) is 0 Å². The van der Waals surface area contributed by atoms with Crippen LogP contribution < -0.4 is 0 Å². The van der Waals surface area contributed by atoms with E-state index in [-0.39, 0.29) is 5.78 Å². The standard InChI is InChI=1S/C9H11NO3/c11-7-1-3-9(12,4-2-7)8-10-5-6-13-8/h5-6,12H,1-4H2. The quantitative estimate of drug-likeness (QED) is 0.702. The normalized spacial score (nSPS) is 21.8. The molecule has 1 aromatic rings. The van der Waals surface area contributed by atoms with E-state index in [1.807, 2.05) is 0 Å². The highest BCUT2D eigenvalue weighted by molar-refractivity contribution is 5.79. The summed E-state index contributed by atoms with van der Waals surface area (Å²) in [5, 5.41) is 10.0. The van der Waals surface area contributed by atoms with Crippen LogP contribution in [-0.4, -0.2) is 15.9 Å². The Balaban J connectivity index is 2.18. The maximum absolute atomic E-state index is 11.0. The Morgan fingerprint density at radius 3 is 2.69 bits per heavy atom. The maximum atomic E-state index is 11.0. The Hall–Kier alpha value is -1.16. The summed E-state index contributed by atoms with van der Waals surface area (Å²) in [5.74, 6) is 0.538. The number of aromatic nitrogens is 1. The van der Waals surface area contributed by atoms with Crippen LogP contribution in [0.1, 0.15) is 31.6 Å². The highest BCUT2D eigenvalue weighted by Crippen LogP contribution is 2.34. The van der Waals surface area contributed by atoms with Crippen molar-refractivity contribution in [1.29, 1.82) is 0 Å². The zero-order chi connectivity index (χ0) is 9.31. The molecule has 4 nitrogen and oxygen atoms in total. The second-order valence-corrected chi connectivity index (χ2v) is 3.41. The lowest BCUT2D eigenvalue weighted by atomic mass is 9.84. The topological polar surface area (TPSA) is 63.3 Å². The van der Waals surface area contributed by atoms with E-state index in [0.29, 0.717) is 31.6 Å². The van der Waals surface area contributed by atoms with Crippen LogP contribution >= 0.6 is 0 Å². The van der Waals surface area contributed by atoms with Crippen LogP contribution in [0.2, 0.25) is 0 Å². The second kappa shape index (κ2) is 2.96. The lowest BCUT2D eigenvalue weighted by molar-refractivity contribution is -0.126. The molecular weight excluding hydrogens is 170 g/mol. The van der Waals surface area contributed by atoms with Crippen LogP contribution in [0.15, 0.2) is 16.9 Å². The van der Waals surface area contributed by atoms with Gasteiger partial charge in [-0.3, -0.25) is 4.79 Å². The van der Waals surface area contributed by atoms with Gasteiger partial charge in [-0.05, 0) is 12.8 Å². The Labute approximate surface area is 75.6 Å². The minimum absolute atomic E-state index is 0.205. The fraction of sp³-hybridized carbons (Fsp3) is 0.556. The van der Waals surface area contributed by atoms with Gasteiger partial charge in [-0.1, -0.05) is 0 Å². The van der Waals surface area contributed by atoms with Crippen LogP contribution in [0.25, 0.3) is 0 Å². The smallest absolute Gasteiger partial charge is 0.226 e. The molecule has 2 rings (SSSR count). The molecule has 0 aliphatic heterocycles. The number of aliphatic hydroxyl groups is 1. The van der Waals surface area contributed by atoms with Gasteiger partial charge >= 0.3 is 0 Å². The van der Waals surface area contributed by atoms with Crippen molar-refractivity contribution in [2.24, 2.45) is 0 Å². The molecule has 1 saturated carbocycles. The van der Waals surface area contributed by atoms with E-state index in [2.05, 4.69) is 4.98 Å². The van der Waals surface area contributed by atoms with E-state index in [9.17, 15) is 9.90 Å². The molecule has 0 atom stereocenters. The van der Waals surface area contributed by atoms with Gasteiger partial charge in [0.1, 0.15) is 17.6 Å². The minimum atomic E-state index is -1.02. The number of ketones is 1. The Bertz CT molecular complexity index is 295. The van der Waals surface area contributed by atoms with E-state index in [1.165, 1.54) is 12.5 Å². The van der Waals surface area contributed by atoms with Crippen molar-refractivity contribution >= 4 is 5.78 Å². The van der Waals surface area contributed by atoms with Crippen molar-refractivity contribution in [3.05, 3.63) is 18.4 Å². The van der Waals surface area contributed by atoms with Gasteiger partial charge in [0.25, 0.3) is 0 Å². The molecule has 0 unspecified atom stereocenters.